The molecule has 1 aromatic rings. The third kappa shape index (κ3) is 5.02. The van der Waals surface area contributed by atoms with Crippen LogP contribution in [0.25, 0.3) is 0 Å². The first-order chi connectivity index (χ1) is 10.9. The SMILES string of the molecule is CCO[C@H]1CN(C)C[C@@H]1NC(=O)CCS(=O)(=O)c1ccccc1. The predicted molar refractivity (Wildman–Crippen MR) is 88.0 cm³/mol. The second-order valence-corrected chi connectivity index (χ2v) is 7.88. The Hall–Kier alpha value is -1.44. The molecule has 0 saturated carbocycles. The minimum Gasteiger partial charge on any atom is -0.375 e. The number of likely N-dealkylation sites (tertiary alicyclic amines) is 1. The molecule has 7 heteroatoms. The van der Waals surface area contributed by atoms with Crippen LogP contribution in [-0.4, -0.2) is 63.9 Å². The van der Waals surface area contributed by atoms with E-state index in [2.05, 4.69) is 10.2 Å². The number of hydrogen-bond donors (Lipinski definition) is 1. The molecule has 1 heterocycles. The van der Waals surface area contributed by atoms with Crippen LogP contribution in [0.4, 0.5) is 0 Å². The van der Waals surface area contributed by atoms with Crippen molar-refractivity contribution in [2.24, 2.45) is 0 Å². The summed E-state index contributed by atoms with van der Waals surface area (Å²) in [7, 11) is -1.46. The van der Waals surface area contributed by atoms with Crippen molar-refractivity contribution in [1.29, 1.82) is 0 Å². The maximum absolute atomic E-state index is 12.2. The van der Waals surface area contributed by atoms with Gasteiger partial charge in [-0.05, 0) is 26.1 Å². The van der Waals surface area contributed by atoms with E-state index in [1.807, 2.05) is 14.0 Å². The van der Waals surface area contributed by atoms with E-state index in [9.17, 15) is 13.2 Å². The highest BCUT2D eigenvalue weighted by Crippen LogP contribution is 2.13. The zero-order valence-corrected chi connectivity index (χ0v) is 14.4. The van der Waals surface area contributed by atoms with Crippen LogP contribution < -0.4 is 5.32 Å². The van der Waals surface area contributed by atoms with Crippen LogP contribution in [0.3, 0.4) is 0 Å². The van der Waals surface area contributed by atoms with Crippen molar-refractivity contribution in [3.8, 4) is 0 Å². The summed E-state index contributed by atoms with van der Waals surface area (Å²) in [6.45, 7) is 3.99. The Bertz CT molecular complexity index is 618. The first kappa shape index (κ1) is 17.9. The molecule has 1 N–H and O–H groups in total. The van der Waals surface area contributed by atoms with Crippen LogP contribution in [0.5, 0.6) is 0 Å². The smallest absolute Gasteiger partial charge is 0.221 e. The zero-order valence-electron chi connectivity index (χ0n) is 13.6. The zero-order chi connectivity index (χ0) is 16.9. The molecular weight excluding hydrogens is 316 g/mol. The van der Waals surface area contributed by atoms with Crippen LogP contribution in [0.1, 0.15) is 13.3 Å². The van der Waals surface area contributed by atoms with Gasteiger partial charge in [0.1, 0.15) is 0 Å². The van der Waals surface area contributed by atoms with Gasteiger partial charge in [-0.25, -0.2) is 8.42 Å². The van der Waals surface area contributed by atoms with Gasteiger partial charge >= 0.3 is 0 Å². The molecule has 1 aliphatic rings. The van der Waals surface area contributed by atoms with Crippen molar-refractivity contribution >= 4 is 15.7 Å². The van der Waals surface area contributed by atoms with Crippen molar-refractivity contribution in [1.82, 2.24) is 10.2 Å². The van der Waals surface area contributed by atoms with Gasteiger partial charge in [-0.1, -0.05) is 18.2 Å². The summed E-state index contributed by atoms with van der Waals surface area (Å²) in [6, 6.07) is 8.11. The molecule has 2 atom stereocenters. The highest BCUT2D eigenvalue weighted by atomic mass is 32.2. The monoisotopic (exact) mass is 340 g/mol. The van der Waals surface area contributed by atoms with E-state index in [1.54, 1.807) is 30.3 Å². The quantitative estimate of drug-likeness (QED) is 0.790. The molecule has 1 amide bonds. The molecule has 1 saturated heterocycles. The fourth-order valence-corrected chi connectivity index (χ4v) is 4.00. The minimum absolute atomic E-state index is 0.0420. The van der Waals surface area contributed by atoms with Crippen molar-refractivity contribution in [2.45, 2.75) is 30.4 Å². The maximum atomic E-state index is 12.2. The molecule has 2 rings (SSSR count). The maximum Gasteiger partial charge on any atom is 0.221 e. The molecule has 6 nitrogen and oxygen atoms in total. The topological polar surface area (TPSA) is 75.7 Å². The first-order valence-corrected chi connectivity index (χ1v) is 9.45. The summed E-state index contributed by atoms with van der Waals surface area (Å²) in [5.74, 6) is -0.445. The van der Waals surface area contributed by atoms with Gasteiger partial charge in [0.25, 0.3) is 0 Å². The Balaban J connectivity index is 1.88. The molecule has 1 aromatic carbocycles. The fraction of sp³-hybridized carbons (Fsp3) is 0.562. The second-order valence-electron chi connectivity index (χ2n) is 5.77. The van der Waals surface area contributed by atoms with Gasteiger partial charge in [-0.3, -0.25) is 4.79 Å². The molecular formula is C16H24N2O4S. The van der Waals surface area contributed by atoms with Crippen molar-refractivity contribution < 1.29 is 17.9 Å². The number of carbonyl (C=O) groups is 1. The van der Waals surface area contributed by atoms with Gasteiger partial charge in [0, 0.05) is 26.1 Å². The normalized spacial score (nSPS) is 22.2. The van der Waals surface area contributed by atoms with Gasteiger partial charge in [0.2, 0.25) is 5.91 Å². The summed E-state index contributed by atoms with van der Waals surface area (Å²) >= 11 is 0. The van der Waals surface area contributed by atoms with Crippen LogP contribution in [-0.2, 0) is 19.4 Å². The average Bonchev–Trinajstić information content (AvgIpc) is 2.86. The van der Waals surface area contributed by atoms with E-state index in [-0.39, 0.29) is 35.1 Å². The number of benzene rings is 1. The highest BCUT2D eigenvalue weighted by molar-refractivity contribution is 7.91. The Morgan fingerprint density at radius 1 is 1.30 bits per heavy atom. The summed E-state index contributed by atoms with van der Waals surface area (Å²) in [4.78, 5) is 14.4. The number of hydrogen-bond acceptors (Lipinski definition) is 5. The molecule has 0 spiro atoms. The molecule has 1 aliphatic heterocycles. The summed E-state index contributed by atoms with van der Waals surface area (Å²) in [6.07, 6.45) is -0.0873. The van der Waals surface area contributed by atoms with Gasteiger partial charge in [0.05, 0.1) is 22.8 Å². The van der Waals surface area contributed by atoms with E-state index in [4.69, 9.17) is 4.74 Å². The highest BCUT2D eigenvalue weighted by Gasteiger charge is 2.32. The van der Waals surface area contributed by atoms with E-state index < -0.39 is 9.84 Å². The number of carbonyl (C=O) groups excluding carboxylic acids is 1. The summed E-state index contributed by atoms with van der Waals surface area (Å²) < 4.78 is 30.0. The number of rotatable bonds is 7. The number of nitrogens with zero attached hydrogens (tertiary/aromatic N) is 1. The van der Waals surface area contributed by atoms with E-state index in [1.165, 1.54) is 0 Å². The first-order valence-electron chi connectivity index (χ1n) is 7.79. The summed E-state index contributed by atoms with van der Waals surface area (Å²) in [5.41, 5.74) is 0. The third-order valence-electron chi connectivity index (χ3n) is 3.88. The summed E-state index contributed by atoms with van der Waals surface area (Å²) in [5, 5.41) is 2.90. The average molecular weight is 340 g/mol. The largest absolute Gasteiger partial charge is 0.375 e. The van der Waals surface area contributed by atoms with E-state index >= 15 is 0 Å². The Morgan fingerprint density at radius 3 is 2.65 bits per heavy atom. The minimum atomic E-state index is -3.43. The molecule has 0 bridgehead atoms. The number of ether oxygens (including phenoxy) is 1. The van der Waals surface area contributed by atoms with Crippen LogP contribution >= 0.6 is 0 Å². The molecule has 0 unspecified atom stereocenters. The molecule has 128 valence electrons. The fourth-order valence-electron chi connectivity index (χ4n) is 2.74. The van der Waals surface area contributed by atoms with Gasteiger partial charge in [0.15, 0.2) is 9.84 Å². The number of nitrogens with one attached hydrogen (secondary N) is 1. The lowest BCUT2D eigenvalue weighted by molar-refractivity contribution is -0.122. The molecule has 0 radical (unpaired) electrons. The molecule has 0 aliphatic carbocycles. The van der Waals surface area contributed by atoms with Crippen molar-refractivity contribution in [3.63, 3.8) is 0 Å². The van der Waals surface area contributed by atoms with Crippen LogP contribution in [0.2, 0.25) is 0 Å². The van der Waals surface area contributed by atoms with Crippen LogP contribution in [0.15, 0.2) is 35.2 Å². The standard InChI is InChI=1S/C16H24N2O4S/c1-3-22-15-12-18(2)11-14(15)17-16(19)9-10-23(20,21)13-7-5-4-6-8-13/h4-8,14-15H,3,9-12H2,1-2H3,(H,17,19)/t14-,15-/m0/s1. The van der Waals surface area contributed by atoms with E-state index in [0.717, 1.165) is 6.54 Å². The van der Waals surface area contributed by atoms with E-state index in [0.29, 0.717) is 13.2 Å². The predicted octanol–water partition coefficient (Wildman–Crippen LogP) is 0.686. The Kier molecular flexibility index (Phi) is 6.15. The number of sulfone groups is 1. The number of likely N-dealkylation sites (N-methyl/N-ethyl adjacent to an activating group) is 1. The van der Waals surface area contributed by atoms with Gasteiger partial charge < -0.3 is 15.0 Å². The third-order valence-corrected chi connectivity index (χ3v) is 5.61. The number of amides is 1. The second kappa shape index (κ2) is 7.90. The molecule has 0 aromatic heterocycles. The van der Waals surface area contributed by atoms with Crippen molar-refractivity contribution in [3.05, 3.63) is 30.3 Å². The Labute approximate surface area is 137 Å². The lowest BCUT2D eigenvalue weighted by Crippen LogP contribution is -2.44. The van der Waals surface area contributed by atoms with Gasteiger partial charge in [-0.2, -0.15) is 0 Å². The lowest BCUT2D eigenvalue weighted by atomic mass is 10.2. The van der Waals surface area contributed by atoms with Gasteiger partial charge in [-0.15, -0.1) is 0 Å². The Morgan fingerprint density at radius 2 is 2.00 bits per heavy atom. The van der Waals surface area contributed by atoms with Crippen LogP contribution in [0, 0.1) is 0 Å². The van der Waals surface area contributed by atoms with Crippen molar-refractivity contribution in [2.75, 3.05) is 32.5 Å². The molecule has 1 fully saturated rings. The molecule has 23 heavy (non-hydrogen) atoms. The lowest BCUT2D eigenvalue weighted by Gasteiger charge is -2.19.